The monoisotopic (exact) mass is 334 g/mol. The molecular weight excluding hydrogens is 312 g/mol. The van der Waals surface area contributed by atoms with Crippen molar-refractivity contribution in [3.63, 3.8) is 0 Å². The van der Waals surface area contributed by atoms with Crippen molar-refractivity contribution in [3.05, 3.63) is 54.1 Å². The maximum absolute atomic E-state index is 12.4. The average molecular weight is 334 g/mol. The molecule has 0 unspecified atom stereocenters. The SMILES string of the molecule is C[C@H](Nc1ccc(N2CCCC2)cc1)C(=O)Nc1ccccc1C#N. The zero-order chi connectivity index (χ0) is 17.6. The Labute approximate surface area is 148 Å². The number of carbonyl (C=O) groups excluding carboxylic acids is 1. The van der Waals surface area contributed by atoms with Gasteiger partial charge in [-0.2, -0.15) is 5.26 Å². The maximum atomic E-state index is 12.4. The van der Waals surface area contributed by atoms with Crippen LogP contribution >= 0.6 is 0 Å². The van der Waals surface area contributed by atoms with Gasteiger partial charge in [-0.1, -0.05) is 12.1 Å². The van der Waals surface area contributed by atoms with Gasteiger partial charge in [0.15, 0.2) is 0 Å². The average Bonchev–Trinajstić information content (AvgIpc) is 3.17. The van der Waals surface area contributed by atoms with E-state index in [2.05, 4.69) is 33.7 Å². The zero-order valence-corrected chi connectivity index (χ0v) is 14.3. The van der Waals surface area contributed by atoms with Crippen molar-refractivity contribution in [2.24, 2.45) is 0 Å². The van der Waals surface area contributed by atoms with E-state index in [1.54, 1.807) is 31.2 Å². The minimum absolute atomic E-state index is 0.175. The fourth-order valence-corrected chi connectivity index (χ4v) is 2.99. The number of para-hydroxylation sites is 1. The van der Waals surface area contributed by atoms with Gasteiger partial charge in [-0.3, -0.25) is 4.79 Å². The smallest absolute Gasteiger partial charge is 0.246 e. The van der Waals surface area contributed by atoms with Gasteiger partial charge >= 0.3 is 0 Å². The lowest BCUT2D eigenvalue weighted by Gasteiger charge is -2.19. The van der Waals surface area contributed by atoms with Crippen LogP contribution in [0.15, 0.2) is 48.5 Å². The van der Waals surface area contributed by atoms with Crippen LogP contribution in [0.4, 0.5) is 17.1 Å². The summed E-state index contributed by atoms with van der Waals surface area (Å²) in [6, 6.07) is 16.8. The molecule has 128 valence electrons. The molecule has 0 spiro atoms. The highest BCUT2D eigenvalue weighted by Gasteiger charge is 2.15. The summed E-state index contributed by atoms with van der Waals surface area (Å²) >= 11 is 0. The van der Waals surface area contributed by atoms with Crippen LogP contribution in [0.1, 0.15) is 25.3 Å². The lowest BCUT2D eigenvalue weighted by Crippen LogP contribution is -2.32. The Hall–Kier alpha value is -3.00. The lowest BCUT2D eigenvalue weighted by molar-refractivity contribution is -0.116. The van der Waals surface area contributed by atoms with E-state index in [-0.39, 0.29) is 5.91 Å². The molecule has 0 bridgehead atoms. The first-order chi connectivity index (χ1) is 12.2. The third kappa shape index (κ3) is 4.10. The Morgan fingerprint density at radius 2 is 1.80 bits per heavy atom. The Morgan fingerprint density at radius 1 is 1.12 bits per heavy atom. The maximum Gasteiger partial charge on any atom is 0.246 e. The predicted molar refractivity (Wildman–Crippen MR) is 101 cm³/mol. The van der Waals surface area contributed by atoms with Crippen molar-refractivity contribution in [1.29, 1.82) is 5.26 Å². The van der Waals surface area contributed by atoms with Gasteiger partial charge in [0.1, 0.15) is 12.1 Å². The number of nitrogens with one attached hydrogen (secondary N) is 2. The summed E-state index contributed by atoms with van der Waals surface area (Å²) in [4.78, 5) is 14.7. The van der Waals surface area contributed by atoms with Gasteiger partial charge in [0.2, 0.25) is 5.91 Å². The van der Waals surface area contributed by atoms with E-state index in [0.717, 1.165) is 18.8 Å². The lowest BCUT2D eigenvalue weighted by atomic mass is 10.2. The van der Waals surface area contributed by atoms with E-state index in [0.29, 0.717) is 11.3 Å². The van der Waals surface area contributed by atoms with E-state index in [1.807, 2.05) is 12.1 Å². The zero-order valence-electron chi connectivity index (χ0n) is 14.3. The second-order valence-electron chi connectivity index (χ2n) is 6.25. The van der Waals surface area contributed by atoms with Crippen molar-refractivity contribution in [1.82, 2.24) is 0 Å². The van der Waals surface area contributed by atoms with Crippen LogP contribution in [0.2, 0.25) is 0 Å². The van der Waals surface area contributed by atoms with Crippen LogP contribution in [-0.4, -0.2) is 25.0 Å². The van der Waals surface area contributed by atoms with E-state index in [4.69, 9.17) is 5.26 Å². The van der Waals surface area contributed by atoms with Gasteiger partial charge in [0.05, 0.1) is 11.3 Å². The number of nitriles is 1. The topological polar surface area (TPSA) is 68.2 Å². The molecule has 0 radical (unpaired) electrons. The number of anilines is 3. The fourth-order valence-electron chi connectivity index (χ4n) is 2.99. The molecule has 0 aliphatic carbocycles. The molecule has 1 heterocycles. The van der Waals surface area contributed by atoms with Crippen molar-refractivity contribution in [2.45, 2.75) is 25.8 Å². The highest BCUT2D eigenvalue weighted by molar-refractivity contribution is 5.97. The number of hydrogen-bond donors (Lipinski definition) is 2. The second-order valence-corrected chi connectivity index (χ2v) is 6.25. The van der Waals surface area contributed by atoms with Gasteiger partial charge < -0.3 is 15.5 Å². The molecule has 1 atom stereocenters. The number of amides is 1. The van der Waals surface area contributed by atoms with Gasteiger partial charge in [-0.25, -0.2) is 0 Å². The Bertz CT molecular complexity index is 773. The molecule has 1 aliphatic rings. The Kier molecular flexibility index (Phi) is 5.20. The van der Waals surface area contributed by atoms with E-state index >= 15 is 0 Å². The molecule has 1 aliphatic heterocycles. The normalized spacial score (nSPS) is 14.6. The van der Waals surface area contributed by atoms with Crippen LogP contribution < -0.4 is 15.5 Å². The molecule has 5 nitrogen and oxygen atoms in total. The molecule has 1 amide bonds. The highest BCUT2D eigenvalue weighted by atomic mass is 16.2. The molecule has 2 aromatic carbocycles. The van der Waals surface area contributed by atoms with Crippen LogP contribution in [0.5, 0.6) is 0 Å². The summed E-state index contributed by atoms with van der Waals surface area (Å²) in [6.45, 7) is 4.03. The molecule has 0 saturated carbocycles. The quantitative estimate of drug-likeness (QED) is 0.877. The molecular formula is C20H22N4O. The van der Waals surface area contributed by atoms with Gasteiger partial charge in [0.25, 0.3) is 0 Å². The van der Waals surface area contributed by atoms with Gasteiger partial charge in [-0.15, -0.1) is 0 Å². The highest BCUT2D eigenvalue weighted by Crippen LogP contribution is 2.22. The van der Waals surface area contributed by atoms with Crippen LogP contribution in [0, 0.1) is 11.3 Å². The number of hydrogen-bond acceptors (Lipinski definition) is 4. The third-order valence-electron chi connectivity index (χ3n) is 4.42. The molecule has 25 heavy (non-hydrogen) atoms. The minimum Gasteiger partial charge on any atom is -0.374 e. The number of rotatable bonds is 5. The largest absolute Gasteiger partial charge is 0.374 e. The minimum atomic E-state index is -0.413. The standard InChI is InChI=1S/C20H22N4O/c1-15(20(25)23-19-7-3-2-6-16(19)14-21)22-17-8-10-18(11-9-17)24-12-4-5-13-24/h2-3,6-11,15,22H,4-5,12-13H2,1H3,(H,23,25)/t15-/m0/s1. The summed E-state index contributed by atoms with van der Waals surface area (Å²) in [6.07, 6.45) is 2.50. The Balaban J connectivity index is 1.60. The van der Waals surface area contributed by atoms with Crippen LogP contribution in [0.25, 0.3) is 0 Å². The summed E-state index contributed by atoms with van der Waals surface area (Å²) in [7, 11) is 0. The molecule has 3 rings (SSSR count). The molecule has 2 aromatic rings. The molecule has 1 fully saturated rings. The summed E-state index contributed by atoms with van der Waals surface area (Å²) in [5.74, 6) is -0.175. The van der Waals surface area contributed by atoms with Crippen molar-refractivity contribution >= 4 is 23.0 Å². The van der Waals surface area contributed by atoms with E-state index in [9.17, 15) is 4.79 Å². The van der Waals surface area contributed by atoms with Crippen molar-refractivity contribution < 1.29 is 4.79 Å². The van der Waals surface area contributed by atoms with E-state index < -0.39 is 6.04 Å². The van der Waals surface area contributed by atoms with Crippen LogP contribution in [-0.2, 0) is 4.79 Å². The number of benzene rings is 2. The molecule has 1 saturated heterocycles. The molecule has 0 aromatic heterocycles. The number of carbonyl (C=O) groups is 1. The molecule has 5 heteroatoms. The van der Waals surface area contributed by atoms with E-state index in [1.165, 1.54) is 18.5 Å². The Morgan fingerprint density at radius 3 is 2.48 bits per heavy atom. The number of nitrogens with zero attached hydrogens (tertiary/aromatic N) is 2. The summed E-state index contributed by atoms with van der Waals surface area (Å²) in [5, 5.41) is 15.1. The first kappa shape index (κ1) is 16.8. The predicted octanol–water partition coefficient (Wildman–Crippen LogP) is 3.60. The summed E-state index contributed by atoms with van der Waals surface area (Å²) in [5.41, 5.74) is 3.12. The van der Waals surface area contributed by atoms with Gasteiger partial charge in [0, 0.05) is 24.5 Å². The van der Waals surface area contributed by atoms with Crippen molar-refractivity contribution in [2.75, 3.05) is 28.6 Å². The summed E-state index contributed by atoms with van der Waals surface area (Å²) < 4.78 is 0. The van der Waals surface area contributed by atoms with Crippen molar-refractivity contribution in [3.8, 4) is 6.07 Å². The van der Waals surface area contributed by atoms with Gasteiger partial charge in [-0.05, 0) is 56.2 Å². The third-order valence-corrected chi connectivity index (χ3v) is 4.42. The first-order valence-electron chi connectivity index (χ1n) is 8.59. The first-order valence-corrected chi connectivity index (χ1v) is 8.59. The second kappa shape index (κ2) is 7.71. The fraction of sp³-hybridized carbons (Fsp3) is 0.300. The molecule has 2 N–H and O–H groups in total. The van der Waals surface area contributed by atoms with Crippen LogP contribution in [0.3, 0.4) is 0 Å².